The van der Waals surface area contributed by atoms with Crippen molar-refractivity contribution in [1.29, 1.82) is 0 Å². The van der Waals surface area contributed by atoms with Crippen LogP contribution in [0.4, 0.5) is 0 Å². The number of ether oxygens (including phenoxy) is 1. The number of aromatic nitrogens is 2. The second-order valence-electron chi connectivity index (χ2n) is 8.26. The Morgan fingerprint density at radius 2 is 1.97 bits per heavy atom. The summed E-state index contributed by atoms with van der Waals surface area (Å²) in [6.07, 6.45) is 14.4. The largest absolute Gasteiger partial charge is 0.378 e. The van der Waals surface area contributed by atoms with Crippen LogP contribution in [-0.2, 0) is 28.9 Å². The number of thiophene rings is 1. The normalized spacial score (nSPS) is 17.8. The average molecular weight is 418 g/mol. The van der Waals surface area contributed by atoms with Gasteiger partial charge in [-0.3, -0.25) is 14.2 Å². The Bertz CT molecular complexity index is 899. The number of nitrogens with zero attached hydrogens (tertiary/aromatic N) is 2. The van der Waals surface area contributed by atoms with Crippen LogP contribution in [0, 0.1) is 0 Å². The van der Waals surface area contributed by atoms with Crippen molar-refractivity contribution in [3.63, 3.8) is 0 Å². The van der Waals surface area contributed by atoms with Crippen LogP contribution in [0.15, 0.2) is 11.1 Å². The van der Waals surface area contributed by atoms with Crippen molar-refractivity contribution in [3.05, 3.63) is 27.1 Å². The van der Waals surface area contributed by atoms with Gasteiger partial charge < -0.3 is 10.1 Å². The SMILES string of the molecule is O=C(Cn1cnc2sc3c(c2c1=O)CCCCC3)NCCCOC1CCCCC1. The molecule has 6 nitrogen and oxygen atoms in total. The maximum Gasteiger partial charge on any atom is 0.262 e. The zero-order valence-electron chi connectivity index (χ0n) is 17.1. The number of amides is 1. The first-order valence-electron chi connectivity index (χ1n) is 11.1. The molecular weight excluding hydrogens is 386 g/mol. The van der Waals surface area contributed by atoms with E-state index in [0.717, 1.165) is 48.7 Å². The second kappa shape index (κ2) is 9.85. The van der Waals surface area contributed by atoms with Gasteiger partial charge in [-0.15, -0.1) is 11.3 Å². The number of fused-ring (bicyclic) bond motifs is 3. The van der Waals surface area contributed by atoms with E-state index in [4.69, 9.17) is 4.74 Å². The number of hydrogen-bond donors (Lipinski definition) is 1. The van der Waals surface area contributed by atoms with E-state index in [1.165, 1.54) is 53.4 Å². The number of hydrogen-bond acceptors (Lipinski definition) is 5. The summed E-state index contributed by atoms with van der Waals surface area (Å²) in [5.41, 5.74) is 1.10. The lowest BCUT2D eigenvalue weighted by molar-refractivity contribution is -0.121. The first-order valence-corrected chi connectivity index (χ1v) is 11.9. The van der Waals surface area contributed by atoms with Gasteiger partial charge in [0.1, 0.15) is 11.4 Å². The van der Waals surface area contributed by atoms with Gasteiger partial charge in [0.05, 0.1) is 17.8 Å². The molecule has 7 heteroatoms. The molecule has 0 spiro atoms. The molecule has 0 radical (unpaired) electrons. The fourth-order valence-corrected chi connectivity index (χ4v) is 5.68. The van der Waals surface area contributed by atoms with Crippen molar-refractivity contribution in [2.24, 2.45) is 0 Å². The minimum Gasteiger partial charge on any atom is -0.378 e. The van der Waals surface area contributed by atoms with Gasteiger partial charge in [-0.1, -0.05) is 25.7 Å². The first kappa shape index (κ1) is 20.5. The number of carbonyl (C=O) groups excluding carboxylic acids is 1. The van der Waals surface area contributed by atoms with E-state index in [-0.39, 0.29) is 18.0 Å². The zero-order chi connectivity index (χ0) is 20.1. The number of aryl methyl sites for hydroxylation is 2. The molecule has 1 saturated carbocycles. The fourth-order valence-electron chi connectivity index (χ4n) is 4.46. The Labute approximate surface area is 175 Å². The highest BCUT2D eigenvalue weighted by atomic mass is 32.1. The van der Waals surface area contributed by atoms with Gasteiger partial charge >= 0.3 is 0 Å². The summed E-state index contributed by atoms with van der Waals surface area (Å²) in [6, 6.07) is 0. The van der Waals surface area contributed by atoms with E-state index >= 15 is 0 Å². The third kappa shape index (κ3) is 5.07. The second-order valence-corrected chi connectivity index (χ2v) is 9.34. The summed E-state index contributed by atoms with van der Waals surface area (Å²) in [5, 5.41) is 3.65. The fraction of sp³-hybridized carbons (Fsp3) is 0.682. The lowest BCUT2D eigenvalue weighted by Gasteiger charge is -2.21. The van der Waals surface area contributed by atoms with E-state index in [9.17, 15) is 9.59 Å². The van der Waals surface area contributed by atoms with Crippen molar-refractivity contribution >= 4 is 27.5 Å². The Morgan fingerprint density at radius 1 is 1.17 bits per heavy atom. The summed E-state index contributed by atoms with van der Waals surface area (Å²) < 4.78 is 7.34. The van der Waals surface area contributed by atoms with Crippen LogP contribution < -0.4 is 10.9 Å². The first-order chi connectivity index (χ1) is 14.2. The summed E-state index contributed by atoms with van der Waals surface area (Å²) in [4.78, 5) is 31.9. The molecule has 0 unspecified atom stereocenters. The van der Waals surface area contributed by atoms with E-state index in [1.807, 2.05) is 0 Å². The Morgan fingerprint density at radius 3 is 2.83 bits per heavy atom. The molecular formula is C22H31N3O3S. The molecule has 29 heavy (non-hydrogen) atoms. The Kier molecular flexibility index (Phi) is 6.98. The number of nitrogens with one attached hydrogen (secondary N) is 1. The molecule has 4 rings (SSSR count). The van der Waals surface area contributed by atoms with E-state index in [0.29, 0.717) is 19.3 Å². The van der Waals surface area contributed by atoms with Gasteiger partial charge in [0.15, 0.2) is 0 Å². The van der Waals surface area contributed by atoms with Crippen LogP contribution in [0.2, 0.25) is 0 Å². The summed E-state index contributed by atoms with van der Waals surface area (Å²) >= 11 is 1.65. The molecule has 2 aliphatic carbocycles. The van der Waals surface area contributed by atoms with Crippen LogP contribution in [0.5, 0.6) is 0 Å². The lowest BCUT2D eigenvalue weighted by Crippen LogP contribution is -2.33. The molecule has 1 N–H and O–H groups in total. The highest BCUT2D eigenvalue weighted by molar-refractivity contribution is 7.18. The molecule has 2 aromatic rings. The molecule has 1 fully saturated rings. The third-order valence-electron chi connectivity index (χ3n) is 6.05. The molecule has 1 amide bonds. The van der Waals surface area contributed by atoms with Crippen molar-refractivity contribution in [3.8, 4) is 0 Å². The van der Waals surface area contributed by atoms with E-state index in [1.54, 1.807) is 11.3 Å². The maximum absolute atomic E-state index is 13.0. The minimum atomic E-state index is -0.146. The predicted octanol–water partition coefficient (Wildman–Crippen LogP) is 3.58. The predicted molar refractivity (Wildman–Crippen MR) is 116 cm³/mol. The highest BCUT2D eigenvalue weighted by Gasteiger charge is 2.19. The van der Waals surface area contributed by atoms with Crippen molar-refractivity contribution < 1.29 is 9.53 Å². The van der Waals surface area contributed by atoms with Crippen LogP contribution in [0.3, 0.4) is 0 Å². The van der Waals surface area contributed by atoms with Crippen molar-refractivity contribution in [1.82, 2.24) is 14.9 Å². The maximum atomic E-state index is 13.0. The van der Waals surface area contributed by atoms with Gasteiger partial charge in [-0.2, -0.15) is 0 Å². The van der Waals surface area contributed by atoms with Crippen LogP contribution in [-0.4, -0.2) is 34.7 Å². The standard InChI is InChI=1S/C22H31N3O3S/c26-19(23-12-7-13-28-16-8-3-1-4-9-16)14-25-15-24-21-20(22(25)27)17-10-5-2-6-11-18(17)29-21/h15-16H,1-14H2,(H,23,26). The van der Waals surface area contributed by atoms with Gasteiger partial charge in [0.25, 0.3) is 5.56 Å². The molecule has 158 valence electrons. The van der Waals surface area contributed by atoms with Crippen LogP contribution in [0.25, 0.3) is 10.2 Å². The number of rotatable bonds is 7. The van der Waals surface area contributed by atoms with Crippen LogP contribution in [0.1, 0.15) is 68.2 Å². The van der Waals surface area contributed by atoms with E-state index in [2.05, 4.69) is 10.3 Å². The average Bonchev–Trinajstić information content (AvgIpc) is 2.93. The van der Waals surface area contributed by atoms with Gasteiger partial charge in [-0.25, -0.2) is 4.98 Å². The van der Waals surface area contributed by atoms with Crippen LogP contribution >= 0.6 is 11.3 Å². The summed E-state index contributed by atoms with van der Waals surface area (Å²) in [6.45, 7) is 1.28. The molecule has 0 saturated heterocycles. The van der Waals surface area contributed by atoms with Gasteiger partial charge in [0.2, 0.25) is 5.91 Å². The molecule has 0 aliphatic heterocycles. The minimum absolute atomic E-state index is 0.0237. The lowest BCUT2D eigenvalue weighted by atomic mass is 9.98. The quantitative estimate of drug-likeness (QED) is 0.552. The highest BCUT2D eigenvalue weighted by Crippen LogP contribution is 2.32. The number of carbonyl (C=O) groups is 1. The van der Waals surface area contributed by atoms with Crippen molar-refractivity contribution in [2.45, 2.75) is 83.3 Å². The summed E-state index contributed by atoms with van der Waals surface area (Å²) in [5.74, 6) is -0.146. The smallest absolute Gasteiger partial charge is 0.262 e. The van der Waals surface area contributed by atoms with Gasteiger partial charge in [-0.05, 0) is 50.5 Å². The summed E-state index contributed by atoms with van der Waals surface area (Å²) in [7, 11) is 0. The topological polar surface area (TPSA) is 73.2 Å². The molecule has 2 aromatic heterocycles. The molecule has 0 atom stereocenters. The zero-order valence-corrected chi connectivity index (χ0v) is 17.9. The van der Waals surface area contributed by atoms with E-state index < -0.39 is 0 Å². The van der Waals surface area contributed by atoms with Crippen molar-refractivity contribution in [2.75, 3.05) is 13.2 Å². The molecule has 0 bridgehead atoms. The molecule has 2 aliphatic rings. The monoisotopic (exact) mass is 417 g/mol. The molecule has 0 aromatic carbocycles. The third-order valence-corrected chi connectivity index (χ3v) is 7.25. The Balaban J connectivity index is 1.30. The molecule has 2 heterocycles. The van der Waals surface area contributed by atoms with Gasteiger partial charge in [0, 0.05) is 18.0 Å². The Hall–Kier alpha value is -1.73.